The van der Waals surface area contributed by atoms with Crippen molar-refractivity contribution >= 4 is 33.8 Å². The minimum atomic E-state index is -4.33. The summed E-state index contributed by atoms with van der Waals surface area (Å²) >= 11 is 6.58. The third-order valence-electron chi connectivity index (χ3n) is 3.76. The SMILES string of the molecule is CC(CC(F)(F)F)n1c(=S)[nH]c2sc3c(c2c1=O)CCC3. The minimum absolute atomic E-state index is 0.0594. The van der Waals surface area contributed by atoms with Crippen molar-refractivity contribution in [3.63, 3.8) is 0 Å². The van der Waals surface area contributed by atoms with Crippen LogP contribution in [0.1, 0.15) is 36.2 Å². The summed E-state index contributed by atoms with van der Waals surface area (Å²) in [6, 6.07) is -1.01. The molecule has 0 aromatic carbocycles. The number of aryl methyl sites for hydroxylation is 2. The third-order valence-corrected chi connectivity index (χ3v) is 5.27. The Balaban J connectivity index is 2.20. The highest BCUT2D eigenvalue weighted by molar-refractivity contribution is 7.71. The molecule has 0 aliphatic heterocycles. The van der Waals surface area contributed by atoms with Crippen molar-refractivity contribution in [2.24, 2.45) is 0 Å². The van der Waals surface area contributed by atoms with Crippen molar-refractivity contribution in [2.45, 2.75) is 44.8 Å². The van der Waals surface area contributed by atoms with E-state index in [4.69, 9.17) is 12.2 Å². The molecule has 1 unspecified atom stereocenters. The Hall–Kier alpha value is -1.15. The Morgan fingerprint density at radius 1 is 1.43 bits per heavy atom. The highest BCUT2D eigenvalue weighted by Gasteiger charge is 2.32. The first-order valence-electron chi connectivity index (χ1n) is 6.64. The first kappa shape index (κ1) is 14.8. The number of nitrogens with zero attached hydrogens (tertiary/aromatic N) is 1. The monoisotopic (exact) mass is 334 g/mol. The Labute approximate surface area is 127 Å². The molecule has 1 N–H and O–H groups in total. The number of halogens is 3. The standard InChI is InChI=1S/C13H13F3N2OS2/c1-6(5-13(14,15)16)18-11(19)9-7-3-2-4-8(7)21-10(9)17-12(18)20/h6H,2-5H2,1H3,(H,17,20). The molecule has 0 spiro atoms. The van der Waals surface area contributed by atoms with Crippen molar-refractivity contribution < 1.29 is 13.2 Å². The topological polar surface area (TPSA) is 37.8 Å². The molecule has 2 heterocycles. The molecule has 2 aromatic heterocycles. The van der Waals surface area contributed by atoms with E-state index in [0.29, 0.717) is 10.2 Å². The summed E-state index contributed by atoms with van der Waals surface area (Å²) in [7, 11) is 0. The Morgan fingerprint density at radius 3 is 2.81 bits per heavy atom. The van der Waals surface area contributed by atoms with Crippen molar-refractivity contribution in [1.29, 1.82) is 0 Å². The maximum absolute atomic E-state index is 12.6. The highest BCUT2D eigenvalue weighted by Crippen LogP contribution is 2.35. The van der Waals surface area contributed by atoms with E-state index in [0.717, 1.165) is 34.3 Å². The number of aromatic amines is 1. The van der Waals surface area contributed by atoms with Gasteiger partial charge in [0.2, 0.25) is 0 Å². The summed E-state index contributed by atoms with van der Waals surface area (Å²) in [5, 5.41) is 0.523. The molecule has 0 fully saturated rings. The van der Waals surface area contributed by atoms with Gasteiger partial charge < -0.3 is 4.98 Å². The molecule has 0 radical (unpaired) electrons. The van der Waals surface area contributed by atoms with E-state index < -0.39 is 24.2 Å². The Bertz CT molecular complexity index is 816. The fourth-order valence-electron chi connectivity index (χ4n) is 2.92. The lowest BCUT2D eigenvalue weighted by atomic mass is 10.2. The van der Waals surface area contributed by atoms with E-state index in [9.17, 15) is 18.0 Å². The second-order valence-corrected chi connectivity index (χ2v) is 6.83. The van der Waals surface area contributed by atoms with Crippen molar-refractivity contribution in [3.05, 3.63) is 25.6 Å². The molecule has 0 saturated carbocycles. The third kappa shape index (κ3) is 2.55. The minimum Gasteiger partial charge on any atom is -0.323 e. The largest absolute Gasteiger partial charge is 0.391 e. The molecule has 3 rings (SSSR count). The molecule has 3 nitrogen and oxygen atoms in total. The van der Waals surface area contributed by atoms with Crippen LogP contribution in [-0.4, -0.2) is 15.7 Å². The average molecular weight is 334 g/mol. The number of hydrogen-bond acceptors (Lipinski definition) is 3. The average Bonchev–Trinajstić information content (AvgIpc) is 2.84. The second kappa shape index (κ2) is 4.95. The van der Waals surface area contributed by atoms with Crippen molar-refractivity contribution in [1.82, 2.24) is 9.55 Å². The summed E-state index contributed by atoms with van der Waals surface area (Å²) < 4.78 is 38.8. The number of hydrogen-bond donors (Lipinski definition) is 1. The predicted octanol–water partition coefficient (Wildman–Crippen LogP) is 4.12. The normalized spacial score (nSPS) is 16.4. The molecule has 8 heteroatoms. The van der Waals surface area contributed by atoms with Crippen LogP contribution in [0.25, 0.3) is 10.2 Å². The van der Waals surface area contributed by atoms with Gasteiger partial charge in [-0.3, -0.25) is 9.36 Å². The first-order valence-corrected chi connectivity index (χ1v) is 7.86. The summed E-state index contributed by atoms with van der Waals surface area (Å²) in [5.41, 5.74) is 0.587. The van der Waals surface area contributed by atoms with E-state index in [2.05, 4.69) is 4.98 Å². The van der Waals surface area contributed by atoms with Gasteiger partial charge in [-0.1, -0.05) is 0 Å². The molecule has 0 bridgehead atoms. The summed E-state index contributed by atoms with van der Waals surface area (Å²) in [5.74, 6) is 0. The Kier molecular flexibility index (Phi) is 3.48. The van der Waals surface area contributed by atoms with Crippen LogP contribution in [0.3, 0.4) is 0 Å². The van der Waals surface area contributed by atoms with E-state index in [1.165, 1.54) is 18.3 Å². The lowest BCUT2D eigenvalue weighted by Gasteiger charge is -2.17. The first-order chi connectivity index (χ1) is 9.78. The second-order valence-electron chi connectivity index (χ2n) is 5.34. The van der Waals surface area contributed by atoms with Crippen LogP contribution in [0.5, 0.6) is 0 Å². The molecule has 114 valence electrons. The summed E-state index contributed by atoms with van der Waals surface area (Å²) in [6.45, 7) is 1.37. The van der Waals surface area contributed by atoms with Crippen LogP contribution in [-0.2, 0) is 12.8 Å². The molecule has 1 aliphatic rings. The number of aromatic nitrogens is 2. The van der Waals surface area contributed by atoms with Crippen LogP contribution in [0.4, 0.5) is 13.2 Å². The Morgan fingerprint density at radius 2 is 2.14 bits per heavy atom. The maximum Gasteiger partial charge on any atom is 0.391 e. The number of H-pyrrole nitrogens is 1. The van der Waals surface area contributed by atoms with Gasteiger partial charge >= 0.3 is 6.18 Å². The van der Waals surface area contributed by atoms with E-state index >= 15 is 0 Å². The smallest absolute Gasteiger partial charge is 0.323 e. The molecular formula is C13H13F3N2OS2. The number of rotatable bonds is 2. The van der Waals surface area contributed by atoms with Crippen LogP contribution >= 0.6 is 23.6 Å². The summed E-state index contributed by atoms with van der Waals surface area (Å²) in [6.07, 6.45) is -2.67. The van der Waals surface area contributed by atoms with E-state index in [-0.39, 0.29) is 4.77 Å². The zero-order valence-electron chi connectivity index (χ0n) is 11.2. The molecule has 21 heavy (non-hydrogen) atoms. The van der Waals surface area contributed by atoms with Gasteiger partial charge in [-0.15, -0.1) is 11.3 Å². The van der Waals surface area contributed by atoms with Crippen LogP contribution in [0.15, 0.2) is 4.79 Å². The molecule has 0 saturated heterocycles. The summed E-state index contributed by atoms with van der Waals surface area (Å²) in [4.78, 5) is 17.4. The van der Waals surface area contributed by atoms with Crippen LogP contribution in [0, 0.1) is 4.77 Å². The molecule has 1 aliphatic carbocycles. The number of thiophene rings is 1. The zero-order valence-corrected chi connectivity index (χ0v) is 12.8. The van der Waals surface area contributed by atoms with Crippen LogP contribution < -0.4 is 5.56 Å². The number of nitrogens with one attached hydrogen (secondary N) is 1. The van der Waals surface area contributed by atoms with Crippen molar-refractivity contribution in [3.8, 4) is 0 Å². The van der Waals surface area contributed by atoms with E-state index in [1.807, 2.05) is 0 Å². The molecule has 1 atom stereocenters. The number of alkyl halides is 3. The fraction of sp³-hybridized carbons (Fsp3) is 0.538. The lowest BCUT2D eigenvalue weighted by molar-refractivity contribution is -0.141. The van der Waals surface area contributed by atoms with Crippen molar-refractivity contribution in [2.75, 3.05) is 0 Å². The van der Waals surface area contributed by atoms with E-state index in [1.54, 1.807) is 0 Å². The quantitative estimate of drug-likeness (QED) is 0.839. The van der Waals surface area contributed by atoms with Gasteiger partial charge in [0.05, 0.1) is 11.8 Å². The van der Waals surface area contributed by atoms with Gasteiger partial charge in [-0.25, -0.2) is 0 Å². The predicted molar refractivity (Wildman–Crippen MR) is 78.7 cm³/mol. The van der Waals surface area contributed by atoms with Gasteiger partial charge in [-0.05, 0) is 44.0 Å². The van der Waals surface area contributed by atoms with Gasteiger partial charge in [-0.2, -0.15) is 13.2 Å². The molecule has 0 amide bonds. The maximum atomic E-state index is 12.6. The van der Waals surface area contributed by atoms with Crippen LogP contribution in [0.2, 0.25) is 0 Å². The lowest BCUT2D eigenvalue weighted by Crippen LogP contribution is -2.28. The van der Waals surface area contributed by atoms with Gasteiger partial charge in [0.1, 0.15) is 4.83 Å². The van der Waals surface area contributed by atoms with Gasteiger partial charge in [0.15, 0.2) is 4.77 Å². The zero-order chi connectivity index (χ0) is 15.4. The molecular weight excluding hydrogens is 321 g/mol. The fourth-order valence-corrected chi connectivity index (χ4v) is 4.63. The number of fused-ring (bicyclic) bond motifs is 3. The highest BCUT2D eigenvalue weighted by atomic mass is 32.1. The van der Waals surface area contributed by atoms with Gasteiger partial charge in [0, 0.05) is 10.9 Å². The molecule has 2 aromatic rings. The van der Waals surface area contributed by atoms with Gasteiger partial charge in [0.25, 0.3) is 5.56 Å².